The van der Waals surface area contributed by atoms with Crippen molar-refractivity contribution in [1.29, 1.82) is 0 Å². The zero-order chi connectivity index (χ0) is 47.1. The average Bonchev–Trinajstić information content (AvgIpc) is 3.27. The molecular formula is C50H91NO12. The molecule has 0 aliphatic rings. The Bertz CT molecular complexity index is 1050. The van der Waals surface area contributed by atoms with Gasteiger partial charge in [-0.25, -0.2) is 0 Å². The summed E-state index contributed by atoms with van der Waals surface area (Å²) in [5.74, 6) is -3.61. The molecule has 0 fully saturated rings. The minimum Gasteiger partial charge on any atom is -0.461 e. The van der Waals surface area contributed by atoms with E-state index in [1.807, 2.05) is 27.7 Å². The predicted molar refractivity (Wildman–Crippen MR) is 247 cm³/mol. The lowest BCUT2D eigenvalue weighted by molar-refractivity contribution is -0.169. The molecule has 63 heavy (non-hydrogen) atoms. The second-order valence-electron chi connectivity index (χ2n) is 17.7. The molecule has 4 unspecified atom stereocenters. The van der Waals surface area contributed by atoms with Crippen LogP contribution in [0.25, 0.3) is 0 Å². The first-order valence-corrected chi connectivity index (χ1v) is 25.0. The van der Waals surface area contributed by atoms with Gasteiger partial charge in [-0.2, -0.15) is 0 Å². The fourth-order valence-electron chi connectivity index (χ4n) is 6.81. The van der Waals surface area contributed by atoms with E-state index in [1.54, 1.807) is 0 Å². The molecule has 0 aliphatic heterocycles. The molecule has 4 atom stereocenters. The highest BCUT2D eigenvalue weighted by Gasteiger charge is 2.25. The minimum absolute atomic E-state index is 0.0862. The van der Waals surface area contributed by atoms with Crippen LogP contribution in [0.1, 0.15) is 209 Å². The van der Waals surface area contributed by atoms with Gasteiger partial charge in [0.15, 0.2) is 12.2 Å². The third kappa shape index (κ3) is 33.9. The van der Waals surface area contributed by atoms with Crippen LogP contribution in [0.3, 0.4) is 0 Å². The van der Waals surface area contributed by atoms with E-state index in [9.17, 15) is 28.8 Å². The number of carbonyl (C=O) groups is 6. The Kier molecular flexibility index (Phi) is 38.2. The lowest BCUT2D eigenvalue weighted by atomic mass is 10.0. The Morgan fingerprint density at radius 1 is 0.365 bits per heavy atom. The van der Waals surface area contributed by atoms with Gasteiger partial charge in [0.25, 0.3) is 0 Å². The quantitative estimate of drug-likeness (QED) is 0.0349. The second kappa shape index (κ2) is 40.3. The molecular weight excluding hydrogens is 807 g/mol. The highest BCUT2D eigenvalue weighted by molar-refractivity contribution is 5.74. The molecule has 0 saturated carbocycles. The molecule has 0 saturated heterocycles. The molecule has 368 valence electrons. The fraction of sp³-hybridized carbons (Fsp3) is 0.880. The van der Waals surface area contributed by atoms with Gasteiger partial charge < -0.3 is 33.7 Å². The summed E-state index contributed by atoms with van der Waals surface area (Å²) in [6.45, 7) is 16.0. The molecule has 0 amide bonds. The Morgan fingerprint density at radius 2 is 0.619 bits per heavy atom. The van der Waals surface area contributed by atoms with Gasteiger partial charge in [0, 0.05) is 12.8 Å². The number of hydrogen-bond acceptors (Lipinski definition) is 13. The van der Waals surface area contributed by atoms with E-state index in [0.717, 1.165) is 103 Å². The second-order valence-corrected chi connectivity index (χ2v) is 17.7. The molecule has 13 heteroatoms. The molecule has 0 heterocycles. The number of nitrogens with one attached hydrogen (secondary N) is 1. The van der Waals surface area contributed by atoms with Crippen molar-refractivity contribution in [3.05, 3.63) is 0 Å². The molecule has 0 bridgehead atoms. The summed E-state index contributed by atoms with van der Waals surface area (Å²) in [4.78, 5) is 76.5. The number of carbonyl (C=O) groups excluding carboxylic acids is 6. The molecule has 0 radical (unpaired) electrons. The van der Waals surface area contributed by atoms with E-state index >= 15 is 0 Å². The monoisotopic (exact) mass is 898 g/mol. The Morgan fingerprint density at radius 3 is 0.857 bits per heavy atom. The summed E-state index contributed by atoms with van der Waals surface area (Å²) >= 11 is 0. The molecule has 0 aromatic rings. The lowest BCUT2D eigenvalue weighted by Crippen LogP contribution is -2.33. The zero-order valence-corrected chi connectivity index (χ0v) is 41.1. The molecule has 0 aromatic carbocycles. The standard InChI is InChI=1S/C50H91NO12/c1-9-13-17-21-27-39(5)47(54)58-35-43(36-59-48(55)40(6)28-22-18-14-10-2)62-45(52)31-25-33-51-34-26-32-46(53)63-44(37-60-49(56)41(7)29-23-19-15-11-3)38-61-50(57)42(8)30-24-20-16-12-4/h39-44,51H,9-38H2,1-8H3. The van der Waals surface area contributed by atoms with E-state index in [1.165, 1.54) is 0 Å². The third-order valence-electron chi connectivity index (χ3n) is 11.3. The van der Waals surface area contributed by atoms with Crippen molar-refractivity contribution in [2.24, 2.45) is 23.7 Å². The van der Waals surface area contributed by atoms with Gasteiger partial charge in [-0.05, 0) is 51.6 Å². The largest absolute Gasteiger partial charge is 0.461 e. The van der Waals surface area contributed by atoms with Crippen molar-refractivity contribution >= 4 is 35.8 Å². The maximum atomic E-state index is 12.8. The third-order valence-corrected chi connectivity index (χ3v) is 11.3. The average molecular weight is 898 g/mol. The Labute approximate surface area is 382 Å². The van der Waals surface area contributed by atoms with E-state index in [2.05, 4.69) is 33.0 Å². The first-order valence-electron chi connectivity index (χ1n) is 25.0. The van der Waals surface area contributed by atoms with Crippen LogP contribution in [0.4, 0.5) is 0 Å². The SMILES string of the molecule is CCCCCCC(C)C(=O)OCC(COC(=O)C(C)CCCCCC)OC(=O)CCCNCCCC(=O)OC(COC(=O)C(C)CCCCCC)COC(=O)C(C)CCCCCC. The normalized spacial score (nSPS) is 14.1. The van der Waals surface area contributed by atoms with Crippen molar-refractivity contribution in [3.8, 4) is 0 Å². The van der Waals surface area contributed by atoms with E-state index in [0.29, 0.717) is 51.6 Å². The van der Waals surface area contributed by atoms with Crippen LogP contribution in [0.2, 0.25) is 0 Å². The van der Waals surface area contributed by atoms with Gasteiger partial charge in [-0.1, -0.05) is 158 Å². The molecule has 0 rings (SSSR count). The van der Waals surface area contributed by atoms with Gasteiger partial charge in [-0.3, -0.25) is 28.8 Å². The van der Waals surface area contributed by atoms with E-state index in [4.69, 9.17) is 28.4 Å². The lowest BCUT2D eigenvalue weighted by Gasteiger charge is -2.20. The number of rotatable bonds is 42. The highest BCUT2D eigenvalue weighted by Crippen LogP contribution is 2.17. The van der Waals surface area contributed by atoms with Crippen molar-refractivity contribution in [2.45, 2.75) is 222 Å². The van der Waals surface area contributed by atoms with Gasteiger partial charge in [0.2, 0.25) is 0 Å². The fourth-order valence-corrected chi connectivity index (χ4v) is 6.81. The van der Waals surface area contributed by atoms with Gasteiger partial charge in [0.05, 0.1) is 23.7 Å². The van der Waals surface area contributed by atoms with Crippen LogP contribution in [0.5, 0.6) is 0 Å². The Balaban J connectivity index is 5.00. The zero-order valence-electron chi connectivity index (χ0n) is 41.1. The van der Waals surface area contributed by atoms with Crippen molar-refractivity contribution in [3.63, 3.8) is 0 Å². The summed E-state index contributed by atoms with van der Waals surface area (Å²) in [7, 11) is 0. The topological polar surface area (TPSA) is 170 Å². The smallest absolute Gasteiger partial charge is 0.308 e. The highest BCUT2D eigenvalue weighted by atomic mass is 16.6. The van der Waals surface area contributed by atoms with Crippen LogP contribution in [-0.4, -0.2) is 87.5 Å². The summed E-state index contributed by atoms with van der Waals surface area (Å²) in [6.07, 6.45) is 19.0. The van der Waals surface area contributed by atoms with Gasteiger partial charge in [-0.15, -0.1) is 0 Å². The molecule has 13 nitrogen and oxygen atoms in total. The number of esters is 6. The number of hydrogen-bond donors (Lipinski definition) is 1. The van der Waals surface area contributed by atoms with Crippen LogP contribution in [-0.2, 0) is 57.2 Å². The first-order chi connectivity index (χ1) is 30.3. The maximum Gasteiger partial charge on any atom is 0.308 e. The summed E-state index contributed by atoms with van der Waals surface area (Å²) < 4.78 is 33.4. The maximum absolute atomic E-state index is 12.8. The van der Waals surface area contributed by atoms with E-state index in [-0.39, 0.29) is 86.8 Å². The molecule has 0 aliphatic carbocycles. The Hall–Kier alpha value is -3.22. The van der Waals surface area contributed by atoms with Crippen LogP contribution < -0.4 is 5.32 Å². The molecule has 0 spiro atoms. The summed E-state index contributed by atoms with van der Waals surface area (Å²) in [5, 5.41) is 3.22. The van der Waals surface area contributed by atoms with Crippen LogP contribution in [0.15, 0.2) is 0 Å². The summed E-state index contributed by atoms with van der Waals surface area (Å²) in [6, 6.07) is 0. The van der Waals surface area contributed by atoms with Crippen molar-refractivity contribution in [1.82, 2.24) is 5.32 Å². The molecule has 1 N–H and O–H groups in total. The van der Waals surface area contributed by atoms with Crippen LogP contribution in [0, 0.1) is 23.7 Å². The minimum atomic E-state index is -0.919. The number of ether oxygens (including phenoxy) is 6. The predicted octanol–water partition coefficient (Wildman–Crippen LogP) is 10.6. The van der Waals surface area contributed by atoms with Crippen LogP contribution >= 0.6 is 0 Å². The summed E-state index contributed by atoms with van der Waals surface area (Å²) in [5.41, 5.74) is 0. The van der Waals surface area contributed by atoms with Crippen molar-refractivity contribution < 1.29 is 57.2 Å². The van der Waals surface area contributed by atoms with Gasteiger partial charge >= 0.3 is 35.8 Å². The van der Waals surface area contributed by atoms with E-state index < -0.39 is 24.1 Å². The first kappa shape index (κ1) is 59.8. The molecule has 0 aromatic heterocycles. The number of unbranched alkanes of at least 4 members (excludes halogenated alkanes) is 12. The van der Waals surface area contributed by atoms with Crippen molar-refractivity contribution in [2.75, 3.05) is 39.5 Å². The van der Waals surface area contributed by atoms with Gasteiger partial charge in [0.1, 0.15) is 26.4 Å².